The normalized spacial score (nSPS) is 16.8. The van der Waals surface area contributed by atoms with Crippen molar-refractivity contribution < 1.29 is 19.0 Å². The van der Waals surface area contributed by atoms with Crippen molar-refractivity contribution in [2.75, 3.05) is 47.2 Å². The van der Waals surface area contributed by atoms with Crippen molar-refractivity contribution in [1.29, 1.82) is 0 Å². The summed E-state index contributed by atoms with van der Waals surface area (Å²) < 4.78 is 41.5. The van der Waals surface area contributed by atoms with E-state index in [9.17, 15) is 17.6 Å². The number of nitrogens with one attached hydrogen (secondary N) is 1. The Morgan fingerprint density at radius 1 is 1.03 bits per heavy atom. The minimum absolute atomic E-state index is 0. The Balaban J connectivity index is 0.00000336. The molecule has 5 rings (SSSR count). The smallest absolute Gasteiger partial charge is 0.263 e. The second-order valence-corrected chi connectivity index (χ2v) is 11.1. The summed E-state index contributed by atoms with van der Waals surface area (Å²) in [7, 11) is -3.73. The molecule has 3 heterocycles. The first-order chi connectivity index (χ1) is 17.8. The van der Waals surface area contributed by atoms with Gasteiger partial charge in [0, 0.05) is 51.7 Å². The zero-order chi connectivity index (χ0) is 26.0. The van der Waals surface area contributed by atoms with Crippen molar-refractivity contribution in [1.82, 2.24) is 9.88 Å². The van der Waals surface area contributed by atoms with Crippen molar-refractivity contribution in [3.8, 4) is 0 Å². The molecule has 0 aliphatic carbocycles. The minimum atomic E-state index is -3.73. The molecule has 8 nitrogen and oxygen atoms in total. The fourth-order valence-electron chi connectivity index (χ4n) is 5.04. The Kier molecular flexibility index (Phi) is 7.01. The average molecular weight is 526 g/mol. The lowest BCUT2D eigenvalue weighted by atomic mass is 9.99. The lowest BCUT2D eigenvalue weighted by molar-refractivity contribution is -0.132. The van der Waals surface area contributed by atoms with Gasteiger partial charge in [-0.25, -0.2) is 17.8 Å². The standard InChI is InChI=1S/C27H30FN5O3S.H2/c1-20(33-14-4-5-21-19-22(28)7-12-25(21)33)27(34)32-17-15-31(16-18-32)23-8-10-24(11-9-23)37(35,36)30-26-6-2-3-13-29-26;/h2-3,6-13,19-20H,4-5,14-18H2,1H3,(H,29,30);1H/t20-;/m1./s1. The van der Waals surface area contributed by atoms with Gasteiger partial charge in [-0.3, -0.25) is 9.52 Å². The van der Waals surface area contributed by atoms with E-state index in [-0.39, 0.29) is 29.9 Å². The quantitative estimate of drug-likeness (QED) is 0.528. The van der Waals surface area contributed by atoms with Crippen LogP contribution >= 0.6 is 0 Å². The first-order valence-corrected chi connectivity index (χ1v) is 13.9. The number of aryl methyl sites for hydroxylation is 1. The van der Waals surface area contributed by atoms with Crippen LogP contribution < -0.4 is 14.5 Å². The molecule has 0 saturated carbocycles. The molecular formula is C27H32FN5O3S. The summed E-state index contributed by atoms with van der Waals surface area (Å²) in [6, 6.07) is 16.2. The lowest BCUT2D eigenvalue weighted by Crippen LogP contribution is -2.55. The molecule has 2 aromatic carbocycles. The number of sulfonamides is 1. The number of nitrogens with zero attached hydrogens (tertiary/aromatic N) is 4. The number of aromatic nitrogens is 1. The van der Waals surface area contributed by atoms with Gasteiger partial charge in [0.2, 0.25) is 5.91 Å². The van der Waals surface area contributed by atoms with E-state index >= 15 is 0 Å². The highest BCUT2D eigenvalue weighted by atomic mass is 32.2. The maximum atomic E-state index is 13.7. The van der Waals surface area contributed by atoms with E-state index in [2.05, 4.69) is 19.5 Å². The number of anilines is 3. The van der Waals surface area contributed by atoms with Crippen LogP contribution in [0.2, 0.25) is 0 Å². The third-order valence-electron chi connectivity index (χ3n) is 7.03. The molecular weight excluding hydrogens is 493 g/mol. The minimum Gasteiger partial charge on any atom is -0.368 e. The largest absolute Gasteiger partial charge is 0.368 e. The second-order valence-electron chi connectivity index (χ2n) is 9.37. The molecule has 1 fully saturated rings. The van der Waals surface area contributed by atoms with Gasteiger partial charge in [-0.05, 0) is 79.9 Å². The number of benzene rings is 2. The number of hydrogen-bond donors (Lipinski definition) is 1. The predicted molar refractivity (Wildman–Crippen MR) is 144 cm³/mol. The molecule has 2 aliphatic rings. The number of rotatable bonds is 6. The highest BCUT2D eigenvalue weighted by Crippen LogP contribution is 2.30. The van der Waals surface area contributed by atoms with Gasteiger partial charge >= 0.3 is 0 Å². The third-order valence-corrected chi connectivity index (χ3v) is 8.40. The molecule has 1 amide bonds. The first kappa shape index (κ1) is 25.0. The van der Waals surface area contributed by atoms with Crippen LogP contribution in [0.1, 0.15) is 20.3 Å². The summed E-state index contributed by atoms with van der Waals surface area (Å²) >= 11 is 0. The van der Waals surface area contributed by atoms with Crippen LogP contribution in [0.4, 0.5) is 21.6 Å². The number of hydrogen-bond acceptors (Lipinski definition) is 6. The molecule has 10 heteroatoms. The molecule has 1 aromatic heterocycles. The third kappa shape index (κ3) is 5.39. The summed E-state index contributed by atoms with van der Waals surface area (Å²) in [5.74, 6) is 0.0893. The van der Waals surface area contributed by atoms with Crippen LogP contribution in [0, 0.1) is 5.82 Å². The molecule has 0 unspecified atom stereocenters. The van der Waals surface area contributed by atoms with Crippen LogP contribution in [0.25, 0.3) is 0 Å². The molecule has 1 atom stereocenters. The highest BCUT2D eigenvalue weighted by Gasteiger charge is 2.31. The Bertz CT molecular complexity index is 1370. The molecule has 0 bridgehead atoms. The van der Waals surface area contributed by atoms with Gasteiger partial charge in [-0.2, -0.15) is 0 Å². The van der Waals surface area contributed by atoms with Gasteiger partial charge in [0.1, 0.15) is 17.7 Å². The topological polar surface area (TPSA) is 85.8 Å². The van der Waals surface area contributed by atoms with E-state index in [4.69, 9.17) is 0 Å². The van der Waals surface area contributed by atoms with E-state index in [1.165, 1.54) is 12.3 Å². The molecule has 3 aromatic rings. The van der Waals surface area contributed by atoms with Gasteiger partial charge < -0.3 is 14.7 Å². The van der Waals surface area contributed by atoms with E-state index in [1.807, 2.05) is 11.8 Å². The fourth-order valence-corrected chi connectivity index (χ4v) is 6.04. The molecule has 1 N–H and O–H groups in total. The van der Waals surface area contributed by atoms with Crippen LogP contribution in [0.15, 0.2) is 71.8 Å². The summed E-state index contributed by atoms with van der Waals surface area (Å²) in [5, 5.41) is 0. The van der Waals surface area contributed by atoms with E-state index in [0.29, 0.717) is 26.2 Å². The van der Waals surface area contributed by atoms with Gasteiger partial charge in [0.05, 0.1) is 4.90 Å². The molecule has 0 spiro atoms. The van der Waals surface area contributed by atoms with Crippen LogP contribution in [0.5, 0.6) is 0 Å². The molecule has 2 aliphatic heterocycles. The maximum absolute atomic E-state index is 13.7. The monoisotopic (exact) mass is 525 g/mol. The van der Waals surface area contributed by atoms with Crippen LogP contribution in [-0.4, -0.2) is 63.0 Å². The summed E-state index contributed by atoms with van der Waals surface area (Å²) in [6.45, 7) is 5.15. The van der Waals surface area contributed by atoms with Crippen molar-refractivity contribution in [2.45, 2.75) is 30.7 Å². The number of amides is 1. The van der Waals surface area contributed by atoms with Gasteiger partial charge in [0.25, 0.3) is 10.0 Å². The SMILES string of the molecule is C[C@H](C(=O)N1CCN(c2ccc(S(=O)(=O)Nc3ccccn3)cc2)CC1)N1CCCc2cc(F)ccc21.[HH]. The number of halogens is 1. The molecule has 0 radical (unpaired) electrons. The average Bonchev–Trinajstić information content (AvgIpc) is 2.92. The van der Waals surface area contributed by atoms with E-state index < -0.39 is 10.0 Å². The number of piperazine rings is 1. The molecule has 196 valence electrons. The summed E-state index contributed by atoms with van der Waals surface area (Å²) in [4.78, 5) is 23.6. The zero-order valence-corrected chi connectivity index (χ0v) is 21.5. The van der Waals surface area contributed by atoms with E-state index in [1.54, 1.807) is 54.6 Å². The maximum Gasteiger partial charge on any atom is 0.263 e. The molecule has 1 saturated heterocycles. The van der Waals surface area contributed by atoms with Gasteiger partial charge in [-0.1, -0.05) is 6.07 Å². The van der Waals surface area contributed by atoms with Gasteiger partial charge in [-0.15, -0.1) is 0 Å². The zero-order valence-electron chi connectivity index (χ0n) is 20.7. The summed E-state index contributed by atoms with van der Waals surface area (Å²) in [6.07, 6.45) is 3.24. The van der Waals surface area contributed by atoms with Crippen molar-refractivity contribution in [3.63, 3.8) is 0 Å². The van der Waals surface area contributed by atoms with Crippen molar-refractivity contribution >= 4 is 33.1 Å². The predicted octanol–water partition coefficient (Wildman–Crippen LogP) is 3.76. The first-order valence-electron chi connectivity index (χ1n) is 12.4. The highest BCUT2D eigenvalue weighted by molar-refractivity contribution is 7.92. The number of pyridine rings is 1. The number of carbonyl (C=O) groups is 1. The van der Waals surface area contributed by atoms with Crippen molar-refractivity contribution in [2.24, 2.45) is 0 Å². The Hall–Kier alpha value is -3.66. The van der Waals surface area contributed by atoms with E-state index in [0.717, 1.165) is 36.3 Å². The van der Waals surface area contributed by atoms with Crippen LogP contribution in [0.3, 0.4) is 0 Å². The Morgan fingerprint density at radius 2 is 1.78 bits per heavy atom. The summed E-state index contributed by atoms with van der Waals surface area (Å²) in [5.41, 5.74) is 2.81. The number of fused-ring (bicyclic) bond motifs is 1. The lowest BCUT2D eigenvalue weighted by Gasteiger charge is -2.41. The van der Waals surface area contributed by atoms with Gasteiger partial charge in [0.15, 0.2) is 0 Å². The Labute approximate surface area is 218 Å². The molecule has 37 heavy (non-hydrogen) atoms. The number of carbonyl (C=O) groups excluding carboxylic acids is 1. The second kappa shape index (κ2) is 10.4. The fraction of sp³-hybridized carbons (Fsp3) is 0.333. The van der Waals surface area contributed by atoms with Crippen LogP contribution in [-0.2, 0) is 21.2 Å². The Morgan fingerprint density at radius 3 is 2.49 bits per heavy atom. The van der Waals surface area contributed by atoms with Crippen molar-refractivity contribution in [3.05, 3.63) is 78.2 Å².